The van der Waals surface area contributed by atoms with E-state index < -0.39 is 0 Å². The predicted octanol–water partition coefficient (Wildman–Crippen LogP) is 3.10. The van der Waals surface area contributed by atoms with Crippen LogP contribution in [0.3, 0.4) is 0 Å². The second-order valence-electron chi connectivity index (χ2n) is 8.41. The van der Waals surface area contributed by atoms with Gasteiger partial charge in [0.25, 0.3) is 11.8 Å². The van der Waals surface area contributed by atoms with Gasteiger partial charge in [-0.15, -0.1) is 0 Å². The molecule has 0 spiro atoms. The van der Waals surface area contributed by atoms with E-state index in [-0.39, 0.29) is 22.9 Å². The maximum absolute atomic E-state index is 12.8. The summed E-state index contributed by atoms with van der Waals surface area (Å²) < 4.78 is 0. The summed E-state index contributed by atoms with van der Waals surface area (Å²) in [7, 11) is 0. The van der Waals surface area contributed by atoms with E-state index in [2.05, 4.69) is 20.6 Å². The normalized spacial score (nSPS) is 25.9. The number of nitrogens with one attached hydrogen (secondary N) is 2. The van der Waals surface area contributed by atoms with Gasteiger partial charge in [0.05, 0.1) is 11.9 Å². The molecule has 2 aromatic rings. The van der Waals surface area contributed by atoms with Gasteiger partial charge in [-0.3, -0.25) is 14.6 Å². The van der Waals surface area contributed by atoms with Crippen LogP contribution in [0.4, 0.5) is 0 Å². The Morgan fingerprint density at radius 2 is 1.68 bits per heavy atom. The number of hydrogen-bond donors (Lipinski definition) is 2. The Labute approximate surface area is 165 Å². The maximum atomic E-state index is 12.8. The summed E-state index contributed by atoms with van der Waals surface area (Å²) in [6.07, 6.45) is 8.51. The van der Waals surface area contributed by atoms with Crippen LogP contribution in [-0.4, -0.2) is 32.9 Å². The smallest absolute Gasteiger partial charge is 0.271 e. The third kappa shape index (κ3) is 3.63. The van der Waals surface area contributed by atoms with Crippen molar-refractivity contribution in [1.29, 1.82) is 0 Å². The van der Waals surface area contributed by atoms with Gasteiger partial charge in [-0.25, -0.2) is 4.98 Å². The molecule has 1 aromatic carbocycles. The van der Waals surface area contributed by atoms with E-state index in [1.807, 2.05) is 38.1 Å². The first kappa shape index (κ1) is 18.6. The molecular formula is C22H26N4O2. The van der Waals surface area contributed by atoms with E-state index in [0.29, 0.717) is 11.3 Å². The zero-order chi connectivity index (χ0) is 19.8. The fourth-order valence-electron chi connectivity index (χ4n) is 4.81. The zero-order valence-electron chi connectivity index (χ0n) is 16.4. The summed E-state index contributed by atoms with van der Waals surface area (Å²) in [6.45, 7) is 3.81. The van der Waals surface area contributed by atoms with Crippen molar-refractivity contribution in [3.8, 4) is 0 Å². The van der Waals surface area contributed by atoms with Crippen LogP contribution < -0.4 is 10.6 Å². The molecule has 2 aliphatic rings. The lowest BCUT2D eigenvalue weighted by molar-refractivity contribution is 0.0829. The number of benzene rings is 1. The van der Waals surface area contributed by atoms with Crippen molar-refractivity contribution in [2.24, 2.45) is 0 Å². The van der Waals surface area contributed by atoms with Crippen molar-refractivity contribution in [1.82, 2.24) is 20.6 Å². The third-order valence-electron chi connectivity index (χ3n) is 6.09. The van der Waals surface area contributed by atoms with Crippen molar-refractivity contribution in [3.05, 3.63) is 59.2 Å². The molecule has 2 aliphatic carbocycles. The molecule has 6 nitrogen and oxygen atoms in total. The van der Waals surface area contributed by atoms with Crippen LogP contribution in [0.25, 0.3) is 0 Å². The molecule has 146 valence electrons. The number of aromatic nitrogens is 2. The monoisotopic (exact) mass is 378 g/mol. The number of amides is 2. The Bertz CT molecular complexity index is 855. The quantitative estimate of drug-likeness (QED) is 0.856. The topological polar surface area (TPSA) is 84.0 Å². The Kier molecular flexibility index (Phi) is 4.65. The number of nitrogens with zero attached hydrogens (tertiary/aromatic N) is 2. The number of fused-ring (bicyclic) bond motifs is 2. The van der Waals surface area contributed by atoms with Crippen LogP contribution in [0.5, 0.6) is 0 Å². The van der Waals surface area contributed by atoms with Crippen molar-refractivity contribution < 1.29 is 9.59 Å². The molecule has 28 heavy (non-hydrogen) atoms. The van der Waals surface area contributed by atoms with E-state index >= 15 is 0 Å². The fourth-order valence-corrected chi connectivity index (χ4v) is 4.81. The Hall–Kier alpha value is -2.76. The van der Waals surface area contributed by atoms with Crippen LogP contribution in [0.1, 0.15) is 70.6 Å². The lowest BCUT2D eigenvalue weighted by Gasteiger charge is -2.40. The summed E-state index contributed by atoms with van der Waals surface area (Å²) in [5.41, 5.74) is 2.31. The van der Waals surface area contributed by atoms with Gasteiger partial charge in [-0.2, -0.15) is 0 Å². The summed E-state index contributed by atoms with van der Waals surface area (Å²) in [5.74, 6) is -0.212. The van der Waals surface area contributed by atoms with E-state index in [9.17, 15) is 9.59 Å². The van der Waals surface area contributed by atoms with E-state index in [0.717, 1.165) is 49.8 Å². The van der Waals surface area contributed by atoms with Gasteiger partial charge in [0, 0.05) is 22.8 Å². The van der Waals surface area contributed by atoms with Gasteiger partial charge in [0.1, 0.15) is 5.69 Å². The first-order valence-electron chi connectivity index (χ1n) is 9.89. The predicted molar refractivity (Wildman–Crippen MR) is 106 cm³/mol. The molecule has 0 radical (unpaired) electrons. The van der Waals surface area contributed by atoms with Crippen LogP contribution in [-0.2, 0) is 0 Å². The highest BCUT2D eigenvalue weighted by atomic mass is 16.2. The average Bonchev–Trinajstić information content (AvgIpc) is 2.91. The fraction of sp³-hybridized carbons (Fsp3) is 0.455. The number of rotatable bonds is 4. The van der Waals surface area contributed by atoms with Gasteiger partial charge in [0.15, 0.2) is 0 Å². The van der Waals surface area contributed by atoms with E-state index in [1.165, 1.54) is 6.20 Å². The standard InChI is InChI=1S/C22H26N4O2/c1-15-5-3-6-17(11-15)19(27)25-21-7-4-8-22(14-21,10-9-21)26-20(28)18-13-23-12-16(2)24-18/h3,5-6,11-13H,4,7-10,14H2,1-2H3,(H,25,27)(H,26,28)/t21-,22+/m0/s1. The van der Waals surface area contributed by atoms with E-state index in [1.54, 1.807) is 6.20 Å². The molecule has 0 aliphatic heterocycles. The summed E-state index contributed by atoms with van der Waals surface area (Å²) >= 11 is 0. The molecule has 2 bridgehead atoms. The molecule has 6 heteroatoms. The van der Waals surface area contributed by atoms with Gasteiger partial charge in [0.2, 0.25) is 0 Å². The summed E-state index contributed by atoms with van der Waals surface area (Å²) in [5, 5.41) is 6.52. The molecule has 4 rings (SSSR count). The van der Waals surface area contributed by atoms with Gasteiger partial charge in [-0.1, -0.05) is 17.7 Å². The van der Waals surface area contributed by atoms with Crippen LogP contribution >= 0.6 is 0 Å². The van der Waals surface area contributed by atoms with Crippen molar-refractivity contribution in [3.63, 3.8) is 0 Å². The highest BCUT2D eigenvalue weighted by Gasteiger charge is 2.52. The SMILES string of the molecule is Cc1cccc(C(=O)N[C@@]23CCC[C@@](NC(=O)c4cncc(C)n4)(CC2)C3)c1. The number of aryl methyl sites for hydroxylation is 2. The molecule has 2 amide bonds. The second-order valence-corrected chi connectivity index (χ2v) is 8.41. The van der Waals surface area contributed by atoms with E-state index in [4.69, 9.17) is 0 Å². The molecule has 0 unspecified atom stereocenters. The molecule has 2 N–H and O–H groups in total. The lowest BCUT2D eigenvalue weighted by Crippen LogP contribution is -2.55. The molecule has 1 heterocycles. The minimum absolute atomic E-state index is 0.0303. The lowest BCUT2D eigenvalue weighted by atomic mass is 9.78. The maximum Gasteiger partial charge on any atom is 0.271 e. The molecule has 2 fully saturated rings. The van der Waals surface area contributed by atoms with Crippen LogP contribution in [0.2, 0.25) is 0 Å². The Balaban J connectivity index is 1.48. The second kappa shape index (κ2) is 7.00. The van der Waals surface area contributed by atoms with Crippen molar-refractivity contribution in [2.45, 2.75) is 63.5 Å². The highest BCUT2D eigenvalue weighted by Crippen LogP contribution is 2.48. The molecule has 2 saturated carbocycles. The zero-order valence-corrected chi connectivity index (χ0v) is 16.4. The van der Waals surface area contributed by atoms with Crippen LogP contribution in [0.15, 0.2) is 36.7 Å². The van der Waals surface area contributed by atoms with Gasteiger partial charge in [-0.05, 0) is 64.5 Å². The number of carbonyl (C=O) groups excluding carboxylic acids is 2. The molecule has 1 aromatic heterocycles. The minimum Gasteiger partial charge on any atom is -0.347 e. The summed E-state index contributed by atoms with van der Waals surface area (Å²) in [4.78, 5) is 33.9. The van der Waals surface area contributed by atoms with Crippen LogP contribution in [0, 0.1) is 13.8 Å². The first-order valence-corrected chi connectivity index (χ1v) is 9.89. The summed E-state index contributed by atoms with van der Waals surface area (Å²) in [6, 6.07) is 7.65. The highest BCUT2D eigenvalue weighted by molar-refractivity contribution is 5.95. The van der Waals surface area contributed by atoms with Gasteiger partial charge < -0.3 is 10.6 Å². The average molecular weight is 378 g/mol. The molecular weight excluding hydrogens is 352 g/mol. The minimum atomic E-state index is -0.277. The molecule has 0 saturated heterocycles. The number of carbonyl (C=O) groups is 2. The largest absolute Gasteiger partial charge is 0.347 e. The van der Waals surface area contributed by atoms with Crippen molar-refractivity contribution >= 4 is 11.8 Å². The Morgan fingerprint density at radius 1 is 0.964 bits per heavy atom. The van der Waals surface area contributed by atoms with Crippen molar-refractivity contribution in [2.75, 3.05) is 0 Å². The number of hydrogen-bond acceptors (Lipinski definition) is 4. The third-order valence-corrected chi connectivity index (χ3v) is 6.09. The first-order chi connectivity index (χ1) is 13.4. The van der Waals surface area contributed by atoms with Gasteiger partial charge >= 0.3 is 0 Å². The Morgan fingerprint density at radius 3 is 2.36 bits per heavy atom. The molecule has 2 atom stereocenters.